The monoisotopic (exact) mass is 295 g/mol. The van der Waals surface area contributed by atoms with Crippen molar-refractivity contribution >= 4 is 21.8 Å². The third-order valence-electron chi connectivity index (χ3n) is 3.26. The van der Waals surface area contributed by atoms with Crippen LogP contribution in [0.25, 0.3) is 0 Å². The number of likely N-dealkylation sites (tertiary alicyclic amines) is 1. The second kappa shape index (κ2) is 5.21. The molecule has 2 rings (SSSR count). The van der Waals surface area contributed by atoms with Gasteiger partial charge in [0.1, 0.15) is 0 Å². The SMILES string of the molecule is CC(C)C(=O)N1CCC[C@@H]1c1cccc(Br)c1. The summed E-state index contributed by atoms with van der Waals surface area (Å²) in [5.41, 5.74) is 1.24. The van der Waals surface area contributed by atoms with Gasteiger partial charge in [-0.1, -0.05) is 41.9 Å². The number of hydrogen-bond donors (Lipinski definition) is 0. The molecule has 17 heavy (non-hydrogen) atoms. The van der Waals surface area contributed by atoms with Crippen LogP contribution in [0.5, 0.6) is 0 Å². The van der Waals surface area contributed by atoms with E-state index in [4.69, 9.17) is 0 Å². The normalized spacial score (nSPS) is 20.0. The molecule has 0 N–H and O–H groups in total. The Balaban J connectivity index is 2.23. The van der Waals surface area contributed by atoms with E-state index in [1.165, 1.54) is 5.56 Å². The molecule has 1 amide bonds. The van der Waals surface area contributed by atoms with E-state index in [1.54, 1.807) is 0 Å². The van der Waals surface area contributed by atoms with Gasteiger partial charge in [-0.05, 0) is 30.5 Å². The number of halogens is 1. The molecule has 1 fully saturated rings. The molecule has 1 aromatic carbocycles. The molecule has 0 bridgehead atoms. The highest BCUT2D eigenvalue weighted by Crippen LogP contribution is 2.33. The van der Waals surface area contributed by atoms with Crippen LogP contribution >= 0.6 is 15.9 Å². The van der Waals surface area contributed by atoms with Crippen LogP contribution in [-0.2, 0) is 4.79 Å². The maximum absolute atomic E-state index is 12.1. The van der Waals surface area contributed by atoms with Gasteiger partial charge in [0, 0.05) is 16.9 Å². The van der Waals surface area contributed by atoms with E-state index in [0.29, 0.717) is 0 Å². The molecule has 92 valence electrons. The van der Waals surface area contributed by atoms with Crippen molar-refractivity contribution in [2.75, 3.05) is 6.54 Å². The predicted octanol–water partition coefficient (Wildman–Crippen LogP) is 3.77. The summed E-state index contributed by atoms with van der Waals surface area (Å²) in [6.07, 6.45) is 2.19. The first kappa shape index (κ1) is 12.6. The van der Waals surface area contributed by atoms with Crippen molar-refractivity contribution < 1.29 is 4.79 Å². The average molecular weight is 296 g/mol. The molecule has 0 aliphatic carbocycles. The van der Waals surface area contributed by atoms with Crippen molar-refractivity contribution in [3.63, 3.8) is 0 Å². The van der Waals surface area contributed by atoms with Gasteiger partial charge in [0.15, 0.2) is 0 Å². The quantitative estimate of drug-likeness (QED) is 0.813. The van der Waals surface area contributed by atoms with Gasteiger partial charge in [0.2, 0.25) is 5.91 Å². The van der Waals surface area contributed by atoms with Crippen LogP contribution in [0.1, 0.15) is 38.3 Å². The minimum Gasteiger partial charge on any atom is -0.335 e. The first-order valence-electron chi connectivity index (χ1n) is 6.15. The maximum Gasteiger partial charge on any atom is 0.225 e. The molecule has 0 unspecified atom stereocenters. The molecule has 0 spiro atoms. The zero-order chi connectivity index (χ0) is 12.4. The van der Waals surface area contributed by atoms with Crippen LogP contribution in [0, 0.1) is 5.92 Å². The summed E-state index contributed by atoms with van der Waals surface area (Å²) in [5.74, 6) is 0.357. The Hall–Kier alpha value is -0.830. The minimum absolute atomic E-state index is 0.0859. The van der Waals surface area contributed by atoms with Crippen molar-refractivity contribution in [2.45, 2.75) is 32.7 Å². The fourth-order valence-corrected chi connectivity index (χ4v) is 2.84. The summed E-state index contributed by atoms with van der Waals surface area (Å²) in [6.45, 7) is 4.84. The number of benzene rings is 1. The number of nitrogens with zero attached hydrogens (tertiary/aromatic N) is 1. The molecular weight excluding hydrogens is 278 g/mol. The fraction of sp³-hybridized carbons (Fsp3) is 0.500. The Morgan fingerprint density at radius 2 is 2.24 bits per heavy atom. The lowest BCUT2D eigenvalue weighted by Gasteiger charge is -2.27. The van der Waals surface area contributed by atoms with Crippen LogP contribution in [0.3, 0.4) is 0 Å². The lowest BCUT2D eigenvalue weighted by Crippen LogP contribution is -2.33. The highest BCUT2D eigenvalue weighted by molar-refractivity contribution is 9.10. The van der Waals surface area contributed by atoms with Crippen molar-refractivity contribution in [3.05, 3.63) is 34.3 Å². The van der Waals surface area contributed by atoms with Crippen LogP contribution in [-0.4, -0.2) is 17.4 Å². The third-order valence-corrected chi connectivity index (χ3v) is 3.76. The Bertz CT molecular complexity index is 416. The molecule has 1 aromatic rings. The first-order chi connectivity index (χ1) is 8.09. The molecule has 1 saturated heterocycles. The Morgan fingerprint density at radius 3 is 2.88 bits per heavy atom. The number of amides is 1. The number of carbonyl (C=O) groups excluding carboxylic acids is 1. The van der Waals surface area contributed by atoms with Gasteiger partial charge in [0.25, 0.3) is 0 Å². The molecule has 0 saturated carbocycles. The topological polar surface area (TPSA) is 20.3 Å². The molecule has 1 aliphatic heterocycles. The lowest BCUT2D eigenvalue weighted by atomic mass is 10.0. The molecule has 1 aliphatic rings. The fourth-order valence-electron chi connectivity index (χ4n) is 2.42. The van der Waals surface area contributed by atoms with Crippen LogP contribution < -0.4 is 0 Å². The van der Waals surface area contributed by atoms with Gasteiger partial charge >= 0.3 is 0 Å². The average Bonchev–Trinajstić information content (AvgIpc) is 2.76. The van der Waals surface area contributed by atoms with Gasteiger partial charge in [-0.2, -0.15) is 0 Å². The first-order valence-corrected chi connectivity index (χ1v) is 6.95. The molecule has 1 heterocycles. The molecule has 3 heteroatoms. The molecule has 0 aromatic heterocycles. The number of rotatable bonds is 2. The van der Waals surface area contributed by atoms with Gasteiger partial charge < -0.3 is 4.90 Å². The predicted molar refractivity (Wildman–Crippen MR) is 72.7 cm³/mol. The van der Waals surface area contributed by atoms with E-state index < -0.39 is 0 Å². The van der Waals surface area contributed by atoms with E-state index in [9.17, 15) is 4.79 Å². The second-order valence-corrected chi connectivity index (χ2v) is 5.82. The molecular formula is C14H18BrNO. The Kier molecular flexibility index (Phi) is 3.87. The molecule has 0 radical (unpaired) electrons. The van der Waals surface area contributed by atoms with Crippen LogP contribution in [0.2, 0.25) is 0 Å². The summed E-state index contributed by atoms with van der Waals surface area (Å²) >= 11 is 3.49. The summed E-state index contributed by atoms with van der Waals surface area (Å²) in [7, 11) is 0. The highest BCUT2D eigenvalue weighted by Gasteiger charge is 2.30. The number of carbonyl (C=O) groups is 1. The van der Waals surface area contributed by atoms with E-state index in [2.05, 4.69) is 28.1 Å². The zero-order valence-electron chi connectivity index (χ0n) is 10.3. The summed E-state index contributed by atoms with van der Waals surface area (Å²) < 4.78 is 1.08. The van der Waals surface area contributed by atoms with E-state index in [0.717, 1.165) is 23.9 Å². The van der Waals surface area contributed by atoms with Crippen molar-refractivity contribution in [2.24, 2.45) is 5.92 Å². The van der Waals surface area contributed by atoms with Crippen LogP contribution in [0.4, 0.5) is 0 Å². The number of hydrogen-bond acceptors (Lipinski definition) is 1. The van der Waals surface area contributed by atoms with Gasteiger partial charge in [-0.25, -0.2) is 0 Å². The second-order valence-electron chi connectivity index (χ2n) is 4.90. The van der Waals surface area contributed by atoms with Crippen molar-refractivity contribution in [1.29, 1.82) is 0 Å². The van der Waals surface area contributed by atoms with Gasteiger partial charge in [-0.15, -0.1) is 0 Å². The maximum atomic E-state index is 12.1. The summed E-state index contributed by atoms with van der Waals surface area (Å²) in [6, 6.07) is 8.56. The van der Waals surface area contributed by atoms with Gasteiger partial charge in [-0.3, -0.25) is 4.79 Å². The van der Waals surface area contributed by atoms with Crippen molar-refractivity contribution in [1.82, 2.24) is 4.90 Å². The van der Waals surface area contributed by atoms with E-state index in [-0.39, 0.29) is 17.9 Å². The molecule has 1 atom stereocenters. The third kappa shape index (κ3) is 2.71. The zero-order valence-corrected chi connectivity index (χ0v) is 11.9. The highest BCUT2D eigenvalue weighted by atomic mass is 79.9. The Morgan fingerprint density at radius 1 is 1.47 bits per heavy atom. The summed E-state index contributed by atoms with van der Waals surface area (Å²) in [5, 5.41) is 0. The smallest absolute Gasteiger partial charge is 0.225 e. The summed E-state index contributed by atoms with van der Waals surface area (Å²) in [4.78, 5) is 14.2. The van der Waals surface area contributed by atoms with Gasteiger partial charge in [0.05, 0.1) is 6.04 Å². The largest absolute Gasteiger partial charge is 0.335 e. The lowest BCUT2D eigenvalue weighted by molar-refractivity contribution is -0.135. The minimum atomic E-state index is 0.0859. The molecule has 2 nitrogen and oxygen atoms in total. The standard InChI is InChI=1S/C14H18BrNO/c1-10(2)14(17)16-8-4-7-13(16)11-5-3-6-12(15)9-11/h3,5-6,9-10,13H,4,7-8H2,1-2H3/t13-/m1/s1. The Labute approximate surface area is 111 Å². The van der Waals surface area contributed by atoms with E-state index >= 15 is 0 Å². The van der Waals surface area contributed by atoms with Crippen molar-refractivity contribution in [3.8, 4) is 0 Å². The van der Waals surface area contributed by atoms with E-state index in [1.807, 2.05) is 30.9 Å². The van der Waals surface area contributed by atoms with Crippen LogP contribution in [0.15, 0.2) is 28.7 Å².